The molecular weight excluding hydrogens is 458 g/mol. The summed E-state index contributed by atoms with van der Waals surface area (Å²) in [5.41, 5.74) is 1.70. The molecule has 0 radical (unpaired) electrons. The van der Waals surface area contributed by atoms with E-state index in [0.717, 1.165) is 46.4 Å². The van der Waals surface area contributed by atoms with Gasteiger partial charge in [-0.15, -0.1) is 0 Å². The lowest BCUT2D eigenvalue weighted by Gasteiger charge is -2.33. The molecular formula is C22H20BrN7O. The zero-order valence-corrected chi connectivity index (χ0v) is 18.2. The fourth-order valence-corrected chi connectivity index (χ4v) is 4.14. The number of anilines is 2. The van der Waals surface area contributed by atoms with Crippen molar-refractivity contribution < 1.29 is 4.79 Å². The summed E-state index contributed by atoms with van der Waals surface area (Å²) in [4.78, 5) is 28.2. The van der Waals surface area contributed by atoms with E-state index in [0.29, 0.717) is 12.4 Å². The van der Waals surface area contributed by atoms with Crippen molar-refractivity contribution >= 4 is 44.5 Å². The van der Waals surface area contributed by atoms with E-state index in [1.165, 1.54) is 0 Å². The summed E-state index contributed by atoms with van der Waals surface area (Å²) in [6.45, 7) is 1.42. The third kappa shape index (κ3) is 4.00. The van der Waals surface area contributed by atoms with Gasteiger partial charge in [0.2, 0.25) is 5.91 Å². The van der Waals surface area contributed by atoms with Gasteiger partial charge in [0.05, 0.1) is 23.2 Å². The molecule has 156 valence electrons. The number of hydrogen-bond donors (Lipinski definition) is 1. The number of para-hydroxylation sites is 1. The number of benzene rings is 1. The maximum Gasteiger partial charge on any atom is 0.230 e. The molecule has 9 heteroatoms. The molecule has 1 aliphatic rings. The van der Waals surface area contributed by atoms with Crippen molar-refractivity contribution in [2.24, 2.45) is 5.92 Å². The number of amides is 1. The molecule has 0 aliphatic carbocycles. The summed E-state index contributed by atoms with van der Waals surface area (Å²) in [6.07, 6.45) is 6.77. The summed E-state index contributed by atoms with van der Waals surface area (Å²) in [6, 6.07) is 13.5. The number of halogens is 1. The molecule has 1 N–H and O–H groups in total. The molecule has 8 nitrogen and oxygen atoms in total. The van der Waals surface area contributed by atoms with Gasteiger partial charge in [-0.05, 0) is 53.0 Å². The first-order chi connectivity index (χ1) is 15.2. The molecule has 0 unspecified atom stereocenters. The second-order valence-corrected chi connectivity index (χ2v) is 8.38. The fourth-order valence-electron chi connectivity index (χ4n) is 3.90. The minimum atomic E-state index is -0.145. The normalized spacial score (nSPS) is 16.4. The first-order valence-electron chi connectivity index (χ1n) is 10.1. The van der Waals surface area contributed by atoms with E-state index in [1.54, 1.807) is 24.8 Å². The smallest absolute Gasteiger partial charge is 0.230 e. The lowest BCUT2D eigenvalue weighted by Crippen LogP contribution is -2.41. The first kappa shape index (κ1) is 19.6. The van der Waals surface area contributed by atoms with E-state index in [-0.39, 0.29) is 11.8 Å². The number of rotatable bonds is 4. The van der Waals surface area contributed by atoms with Crippen molar-refractivity contribution in [2.75, 3.05) is 23.3 Å². The highest BCUT2D eigenvalue weighted by Crippen LogP contribution is 2.29. The third-order valence-electron chi connectivity index (χ3n) is 5.42. The molecule has 0 bridgehead atoms. The van der Waals surface area contributed by atoms with Gasteiger partial charge in [0.25, 0.3) is 0 Å². The quantitative estimate of drug-likeness (QED) is 0.480. The number of carbonyl (C=O) groups excluding carboxylic acids is 1. The number of fused-ring (bicyclic) bond motifs is 1. The average Bonchev–Trinajstić information content (AvgIpc) is 3.25. The van der Waals surface area contributed by atoms with Crippen molar-refractivity contribution in [3.63, 3.8) is 0 Å². The maximum atomic E-state index is 12.8. The van der Waals surface area contributed by atoms with E-state index >= 15 is 0 Å². The van der Waals surface area contributed by atoms with Crippen LogP contribution in [0.2, 0.25) is 0 Å². The fraction of sp³-hybridized carbons (Fsp3) is 0.227. The van der Waals surface area contributed by atoms with Crippen molar-refractivity contribution in [3.8, 4) is 5.69 Å². The lowest BCUT2D eigenvalue weighted by molar-refractivity contribution is -0.120. The Bertz CT molecular complexity index is 1210. The van der Waals surface area contributed by atoms with Crippen LogP contribution >= 0.6 is 15.9 Å². The van der Waals surface area contributed by atoms with E-state index in [4.69, 9.17) is 0 Å². The van der Waals surface area contributed by atoms with Gasteiger partial charge in [-0.3, -0.25) is 4.79 Å². The molecule has 31 heavy (non-hydrogen) atoms. The molecule has 0 spiro atoms. The Hall–Kier alpha value is -3.33. The van der Waals surface area contributed by atoms with Crippen LogP contribution in [0.5, 0.6) is 0 Å². The van der Waals surface area contributed by atoms with Gasteiger partial charge in [0.15, 0.2) is 5.65 Å². The Morgan fingerprint density at radius 2 is 1.94 bits per heavy atom. The average molecular weight is 478 g/mol. The number of pyridine rings is 1. The van der Waals surface area contributed by atoms with Gasteiger partial charge in [-0.1, -0.05) is 18.2 Å². The largest absolute Gasteiger partial charge is 0.355 e. The molecule has 0 saturated carbocycles. The van der Waals surface area contributed by atoms with Gasteiger partial charge in [0.1, 0.15) is 18.0 Å². The van der Waals surface area contributed by atoms with Gasteiger partial charge >= 0.3 is 0 Å². The summed E-state index contributed by atoms with van der Waals surface area (Å²) in [5, 5.41) is 8.34. The number of hydrogen-bond acceptors (Lipinski definition) is 6. The number of nitrogens with one attached hydrogen (secondary N) is 1. The second-order valence-electron chi connectivity index (χ2n) is 7.46. The van der Waals surface area contributed by atoms with Crippen LogP contribution in [0.15, 0.2) is 65.7 Å². The monoisotopic (exact) mass is 477 g/mol. The van der Waals surface area contributed by atoms with E-state index in [9.17, 15) is 4.79 Å². The van der Waals surface area contributed by atoms with Crippen LogP contribution in [-0.4, -0.2) is 43.7 Å². The molecule has 1 saturated heterocycles. The highest BCUT2D eigenvalue weighted by Gasteiger charge is 2.28. The minimum absolute atomic E-state index is 0.0233. The molecule has 1 fully saturated rings. The summed E-state index contributed by atoms with van der Waals surface area (Å²) in [5.74, 6) is 1.20. The Kier molecular flexibility index (Phi) is 5.33. The zero-order chi connectivity index (χ0) is 21.2. The molecule has 1 amide bonds. The first-order valence-corrected chi connectivity index (χ1v) is 10.9. The summed E-state index contributed by atoms with van der Waals surface area (Å²) >= 11 is 3.36. The highest BCUT2D eigenvalue weighted by molar-refractivity contribution is 9.10. The van der Waals surface area contributed by atoms with Gasteiger partial charge in [0, 0.05) is 23.8 Å². The van der Waals surface area contributed by atoms with Gasteiger partial charge in [-0.25, -0.2) is 19.6 Å². The molecule has 5 rings (SSSR count). The van der Waals surface area contributed by atoms with Crippen molar-refractivity contribution in [2.45, 2.75) is 12.8 Å². The number of aromatic nitrogens is 5. The Morgan fingerprint density at radius 3 is 2.74 bits per heavy atom. The van der Waals surface area contributed by atoms with Crippen LogP contribution in [0.4, 0.5) is 11.6 Å². The summed E-state index contributed by atoms with van der Waals surface area (Å²) in [7, 11) is 0. The van der Waals surface area contributed by atoms with Crippen LogP contribution in [0.3, 0.4) is 0 Å². The minimum Gasteiger partial charge on any atom is -0.355 e. The van der Waals surface area contributed by atoms with Crippen molar-refractivity contribution in [1.29, 1.82) is 0 Å². The third-order valence-corrected chi connectivity index (χ3v) is 5.88. The van der Waals surface area contributed by atoms with Gasteiger partial charge in [-0.2, -0.15) is 5.10 Å². The number of carbonyl (C=O) groups is 1. The Labute approximate surface area is 187 Å². The van der Waals surface area contributed by atoms with Crippen LogP contribution in [0, 0.1) is 5.92 Å². The number of nitrogens with zero attached hydrogens (tertiary/aromatic N) is 6. The topological polar surface area (TPSA) is 88.8 Å². The molecule has 3 aromatic heterocycles. The predicted molar refractivity (Wildman–Crippen MR) is 122 cm³/mol. The highest BCUT2D eigenvalue weighted by atomic mass is 79.9. The predicted octanol–water partition coefficient (Wildman–Crippen LogP) is 3.83. The summed E-state index contributed by atoms with van der Waals surface area (Å²) < 4.78 is 2.69. The second kappa shape index (κ2) is 8.43. The zero-order valence-electron chi connectivity index (χ0n) is 16.6. The molecule has 4 aromatic rings. The van der Waals surface area contributed by atoms with Crippen molar-refractivity contribution in [3.05, 3.63) is 65.7 Å². The lowest BCUT2D eigenvalue weighted by atomic mass is 9.97. The molecule has 1 aromatic carbocycles. The molecule has 1 atom stereocenters. The SMILES string of the molecule is O=C(Nc1ccc(Br)cn1)[C@H]1CCCN(c2ncnc3c2cnn3-c2ccccc2)C1. The standard InChI is InChI=1S/C22H20BrN7O/c23-16-8-9-19(24-11-16)28-22(31)15-5-4-10-29(13-15)20-18-12-27-30(21(18)26-14-25-20)17-6-2-1-3-7-17/h1-3,6-9,11-12,14-15H,4-5,10,13H2,(H,24,28,31)/t15-/m0/s1. The van der Waals surface area contributed by atoms with Gasteiger partial charge < -0.3 is 10.2 Å². The van der Waals surface area contributed by atoms with Crippen LogP contribution in [0.1, 0.15) is 12.8 Å². The van der Waals surface area contributed by atoms with E-state index in [2.05, 4.69) is 46.2 Å². The van der Waals surface area contributed by atoms with E-state index in [1.807, 2.05) is 41.1 Å². The van der Waals surface area contributed by atoms with E-state index < -0.39 is 0 Å². The molecule has 4 heterocycles. The Morgan fingerprint density at radius 1 is 1.06 bits per heavy atom. The van der Waals surface area contributed by atoms with Crippen LogP contribution < -0.4 is 10.2 Å². The number of piperidine rings is 1. The van der Waals surface area contributed by atoms with Crippen LogP contribution in [0.25, 0.3) is 16.7 Å². The maximum absolute atomic E-state index is 12.8. The van der Waals surface area contributed by atoms with Crippen LogP contribution in [-0.2, 0) is 4.79 Å². The molecule has 1 aliphatic heterocycles. The van der Waals surface area contributed by atoms with Crippen molar-refractivity contribution in [1.82, 2.24) is 24.7 Å². The Balaban J connectivity index is 1.38.